The highest BCUT2D eigenvalue weighted by Crippen LogP contribution is 2.44. The Morgan fingerprint density at radius 3 is 2.50 bits per heavy atom. The summed E-state index contributed by atoms with van der Waals surface area (Å²) in [5.74, 6) is -0.606. The van der Waals surface area contributed by atoms with E-state index in [1.807, 2.05) is 12.1 Å². The van der Waals surface area contributed by atoms with Gasteiger partial charge >= 0.3 is 5.97 Å². The zero-order valence-electron chi connectivity index (χ0n) is 17.1. The normalized spacial score (nSPS) is 24.8. The highest BCUT2D eigenvalue weighted by molar-refractivity contribution is 5.96. The molecular formula is C23H30N2O5. The van der Waals surface area contributed by atoms with Crippen LogP contribution in [0.4, 0.5) is 0 Å². The predicted octanol–water partition coefficient (Wildman–Crippen LogP) is 2.53. The van der Waals surface area contributed by atoms with Gasteiger partial charge in [0.2, 0.25) is 5.91 Å². The Balaban J connectivity index is 1.40. The van der Waals surface area contributed by atoms with Crippen LogP contribution in [0.3, 0.4) is 0 Å². The fourth-order valence-electron chi connectivity index (χ4n) is 4.37. The van der Waals surface area contributed by atoms with Crippen LogP contribution in [-0.4, -0.2) is 48.2 Å². The summed E-state index contributed by atoms with van der Waals surface area (Å²) in [6.07, 6.45) is 9.13. The van der Waals surface area contributed by atoms with Gasteiger partial charge < -0.3 is 20.5 Å². The second-order valence-electron chi connectivity index (χ2n) is 7.96. The number of carbonyl (C=O) groups is 3. The number of rotatable bonds is 11. The number of unbranched alkanes of at least 4 members (excludes halogenated alkanes) is 1. The SMILES string of the molecule is O=C(O)CCC/C=C\C[C@@H]1C(CNC(=O)CNC(=O)c2ccccc2)[C@H]2CC[C@@H]1O2. The van der Waals surface area contributed by atoms with Crippen LogP contribution < -0.4 is 10.6 Å². The minimum Gasteiger partial charge on any atom is -0.481 e. The van der Waals surface area contributed by atoms with E-state index in [2.05, 4.69) is 16.7 Å². The third kappa shape index (κ3) is 6.16. The van der Waals surface area contributed by atoms with Crippen LogP contribution in [-0.2, 0) is 14.3 Å². The summed E-state index contributed by atoms with van der Waals surface area (Å²) in [5.41, 5.74) is 0.530. The molecule has 1 unspecified atom stereocenters. The van der Waals surface area contributed by atoms with Gasteiger partial charge in [0.25, 0.3) is 5.91 Å². The van der Waals surface area contributed by atoms with Crippen molar-refractivity contribution in [3.05, 3.63) is 48.0 Å². The summed E-state index contributed by atoms with van der Waals surface area (Å²) in [6.45, 7) is 0.488. The molecule has 30 heavy (non-hydrogen) atoms. The Hall–Kier alpha value is -2.67. The Labute approximate surface area is 176 Å². The van der Waals surface area contributed by atoms with Gasteiger partial charge in [-0.05, 0) is 50.2 Å². The molecule has 2 fully saturated rings. The molecule has 0 aromatic heterocycles. The number of aliphatic carboxylic acids is 1. The average Bonchev–Trinajstić information content (AvgIpc) is 3.35. The molecule has 162 valence electrons. The molecule has 7 nitrogen and oxygen atoms in total. The van der Waals surface area contributed by atoms with Gasteiger partial charge in [-0.2, -0.15) is 0 Å². The molecule has 0 aliphatic carbocycles. The van der Waals surface area contributed by atoms with Crippen molar-refractivity contribution in [2.24, 2.45) is 11.8 Å². The average molecular weight is 415 g/mol. The number of fused-ring (bicyclic) bond motifs is 2. The van der Waals surface area contributed by atoms with Crippen molar-refractivity contribution < 1.29 is 24.2 Å². The number of hydrogen-bond donors (Lipinski definition) is 3. The lowest BCUT2D eigenvalue weighted by molar-refractivity contribution is -0.137. The first-order valence-corrected chi connectivity index (χ1v) is 10.7. The van der Waals surface area contributed by atoms with Crippen LogP contribution in [0.1, 0.15) is 48.9 Å². The molecule has 1 aromatic carbocycles. The number of ether oxygens (including phenoxy) is 1. The van der Waals surface area contributed by atoms with Crippen molar-refractivity contribution >= 4 is 17.8 Å². The molecule has 3 N–H and O–H groups in total. The van der Waals surface area contributed by atoms with Gasteiger partial charge in [0.15, 0.2) is 0 Å². The van der Waals surface area contributed by atoms with Crippen LogP contribution in [0, 0.1) is 11.8 Å². The van der Waals surface area contributed by atoms with Crippen molar-refractivity contribution in [3.63, 3.8) is 0 Å². The van der Waals surface area contributed by atoms with Gasteiger partial charge in [0, 0.05) is 24.4 Å². The van der Waals surface area contributed by atoms with Crippen LogP contribution >= 0.6 is 0 Å². The zero-order valence-corrected chi connectivity index (χ0v) is 17.1. The number of carboxylic acid groups (broad SMARTS) is 1. The first-order valence-electron chi connectivity index (χ1n) is 10.7. The van der Waals surface area contributed by atoms with E-state index in [0.717, 1.165) is 25.7 Å². The van der Waals surface area contributed by atoms with Gasteiger partial charge in [0.05, 0.1) is 18.8 Å². The number of carbonyl (C=O) groups excluding carboxylic acids is 2. The molecule has 2 aliphatic heterocycles. The smallest absolute Gasteiger partial charge is 0.303 e. The number of nitrogens with one attached hydrogen (secondary N) is 2. The number of benzene rings is 1. The highest BCUT2D eigenvalue weighted by Gasteiger charge is 2.47. The molecule has 4 atom stereocenters. The minimum absolute atomic E-state index is 0.0520. The first kappa shape index (κ1) is 22.0. The van der Waals surface area contributed by atoms with Crippen molar-refractivity contribution in [3.8, 4) is 0 Å². The molecule has 0 radical (unpaired) electrons. The number of amides is 2. The van der Waals surface area contributed by atoms with Crippen LogP contribution in [0.15, 0.2) is 42.5 Å². The number of hydrogen-bond acceptors (Lipinski definition) is 4. The summed E-state index contributed by atoms with van der Waals surface area (Å²) >= 11 is 0. The fraction of sp³-hybridized carbons (Fsp3) is 0.522. The Bertz CT molecular complexity index is 764. The summed E-state index contributed by atoms with van der Waals surface area (Å²) in [5, 5.41) is 14.3. The summed E-state index contributed by atoms with van der Waals surface area (Å²) < 4.78 is 6.06. The predicted molar refractivity (Wildman–Crippen MR) is 112 cm³/mol. The highest BCUT2D eigenvalue weighted by atomic mass is 16.5. The molecule has 0 saturated carbocycles. The summed E-state index contributed by atoms with van der Waals surface area (Å²) in [6, 6.07) is 8.82. The molecule has 2 heterocycles. The standard InChI is InChI=1S/C23H30N2O5/c26-21(15-25-23(29)16-8-4-3-5-9-16)24-14-18-17(19-12-13-20(18)30-19)10-6-1-2-7-11-22(27)28/h1,3-6,8-9,17-20H,2,7,10-15H2,(H,24,26)(H,25,29)(H,27,28)/b6-1-/t17-,18?,19+,20-/m1/s1. The van der Waals surface area contributed by atoms with Crippen molar-refractivity contribution in [2.75, 3.05) is 13.1 Å². The quantitative estimate of drug-likeness (QED) is 0.381. The fourth-order valence-corrected chi connectivity index (χ4v) is 4.37. The Kier molecular flexibility index (Phi) is 8.02. The lowest BCUT2D eigenvalue weighted by atomic mass is 9.77. The third-order valence-electron chi connectivity index (χ3n) is 5.91. The van der Waals surface area contributed by atoms with Crippen LogP contribution in [0.5, 0.6) is 0 Å². The van der Waals surface area contributed by atoms with Gasteiger partial charge in [-0.1, -0.05) is 30.4 Å². The summed E-state index contributed by atoms with van der Waals surface area (Å²) in [4.78, 5) is 34.8. The van der Waals surface area contributed by atoms with Crippen LogP contribution in [0.2, 0.25) is 0 Å². The molecule has 2 aliphatic rings. The number of carboxylic acids is 1. The molecule has 7 heteroatoms. The van der Waals surface area contributed by atoms with E-state index in [1.54, 1.807) is 24.3 Å². The van der Waals surface area contributed by atoms with E-state index in [-0.39, 0.29) is 42.9 Å². The second kappa shape index (κ2) is 10.9. The van der Waals surface area contributed by atoms with E-state index in [4.69, 9.17) is 9.84 Å². The van der Waals surface area contributed by atoms with Crippen molar-refractivity contribution in [2.45, 2.75) is 50.7 Å². The minimum atomic E-state index is -0.763. The first-order chi connectivity index (χ1) is 14.5. The molecule has 2 saturated heterocycles. The molecule has 0 spiro atoms. The molecule has 3 rings (SSSR count). The van der Waals surface area contributed by atoms with Gasteiger partial charge in [-0.3, -0.25) is 14.4 Å². The monoisotopic (exact) mass is 414 g/mol. The lowest BCUT2D eigenvalue weighted by Gasteiger charge is -2.27. The molecule has 1 aromatic rings. The van der Waals surface area contributed by atoms with Gasteiger partial charge in [0.1, 0.15) is 0 Å². The van der Waals surface area contributed by atoms with E-state index in [0.29, 0.717) is 24.4 Å². The summed E-state index contributed by atoms with van der Waals surface area (Å²) in [7, 11) is 0. The van der Waals surface area contributed by atoms with Crippen molar-refractivity contribution in [1.29, 1.82) is 0 Å². The lowest BCUT2D eigenvalue weighted by Crippen LogP contribution is -2.42. The van der Waals surface area contributed by atoms with E-state index < -0.39 is 5.97 Å². The third-order valence-corrected chi connectivity index (χ3v) is 5.91. The molecule has 2 amide bonds. The van der Waals surface area contributed by atoms with E-state index >= 15 is 0 Å². The van der Waals surface area contributed by atoms with Gasteiger partial charge in [-0.25, -0.2) is 0 Å². The molecular weight excluding hydrogens is 384 g/mol. The van der Waals surface area contributed by atoms with E-state index in [1.165, 1.54) is 0 Å². The Morgan fingerprint density at radius 2 is 1.77 bits per heavy atom. The maximum Gasteiger partial charge on any atom is 0.303 e. The van der Waals surface area contributed by atoms with Crippen molar-refractivity contribution in [1.82, 2.24) is 10.6 Å². The molecule has 2 bridgehead atoms. The van der Waals surface area contributed by atoms with Gasteiger partial charge in [-0.15, -0.1) is 0 Å². The largest absolute Gasteiger partial charge is 0.481 e. The Morgan fingerprint density at radius 1 is 1.03 bits per heavy atom. The van der Waals surface area contributed by atoms with E-state index in [9.17, 15) is 14.4 Å². The zero-order chi connectivity index (χ0) is 21.3. The number of allylic oxidation sites excluding steroid dienone is 2. The maximum atomic E-state index is 12.2. The van der Waals surface area contributed by atoms with Crippen LogP contribution in [0.25, 0.3) is 0 Å². The second-order valence-corrected chi connectivity index (χ2v) is 7.96. The topological polar surface area (TPSA) is 105 Å². The maximum absolute atomic E-state index is 12.2.